The third-order valence-electron chi connectivity index (χ3n) is 8.00. The second-order valence-corrected chi connectivity index (χ2v) is 12.9. The van der Waals surface area contributed by atoms with E-state index in [0.29, 0.717) is 15.6 Å². The molecule has 210 valence electrons. The lowest BCUT2D eigenvalue weighted by Crippen LogP contribution is -2.12. The van der Waals surface area contributed by atoms with Crippen molar-refractivity contribution in [2.45, 2.75) is 40.0 Å². The first kappa shape index (κ1) is 29.1. The van der Waals surface area contributed by atoms with E-state index >= 15 is 0 Å². The lowest BCUT2D eigenvalue weighted by molar-refractivity contribution is 0.589. The van der Waals surface area contributed by atoms with E-state index in [-0.39, 0.29) is 5.41 Å². The zero-order valence-corrected chi connectivity index (χ0v) is 26.6. The maximum atomic E-state index is 6.87. The Morgan fingerprint density at radius 3 is 1.49 bits per heavy atom. The molecule has 6 aromatic rings. The van der Waals surface area contributed by atoms with Gasteiger partial charge in [0.15, 0.2) is 0 Å². The van der Waals surface area contributed by atoms with E-state index in [1.807, 2.05) is 42.5 Å². The van der Waals surface area contributed by atoms with Crippen LogP contribution >= 0.6 is 23.2 Å². The molecule has 0 N–H and O–H groups in total. The Morgan fingerprint density at radius 1 is 0.512 bits per heavy atom. The summed E-state index contributed by atoms with van der Waals surface area (Å²) in [5, 5.41) is 5.61. The maximum Gasteiger partial charge on any atom is 0.0546 e. The predicted octanol–water partition coefficient (Wildman–Crippen LogP) is 11.8. The predicted molar refractivity (Wildman–Crippen MR) is 185 cm³/mol. The Morgan fingerprint density at radius 2 is 0.977 bits per heavy atom. The van der Waals surface area contributed by atoms with Crippen LogP contribution in [0.15, 0.2) is 103 Å². The van der Waals surface area contributed by atoms with Gasteiger partial charge in [0.2, 0.25) is 0 Å². The van der Waals surface area contributed by atoms with Crippen LogP contribution in [0.2, 0.25) is 10.0 Å². The molecule has 0 atom stereocenters. The second kappa shape index (κ2) is 11.6. The molecule has 0 saturated carbocycles. The van der Waals surface area contributed by atoms with Gasteiger partial charge in [-0.3, -0.25) is 0 Å². The minimum atomic E-state index is 0.0766. The van der Waals surface area contributed by atoms with Gasteiger partial charge in [-0.05, 0) is 98.5 Å². The molecular formula is C41H32Cl2. The van der Waals surface area contributed by atoms with E-state index in [9.17, 15) is 0 Å². The molecule has 0 aromatic heterocycles. The molecule has 2 radical (unpaired) electrons. The highest BCUT2D eigenvalue weighted by Crippen LogP contribution is 2.44. The Labute approximate surface area is 265 Å². The van der Waals surface area contributed by atoms with Gasteiger partial charge < -0.3 is 0 Å². The first-order valence-corrected chi connectivity index (χ1v) is 15.3. The highest BCUT2D eigenvalue weighted by Gasteiger charge is 2.22. The van der Waals surface area contributed by atoms with Crippen molar-refractivity contribution >= 4 is 44.7 Å². The fourth-order valence-corrected chi connectivity index (χ4v) is 6.46. The van der Waals surface area contributed by atoms with Gasteiger partial charge in [0.05, 0.1) is 6.42 Å². The lowest BCUT2D eigenvalue weighted by Gasteiger charge is -2.24. The maximum absolute atomic E-state index is 6.87. The molecule has 0 amide bonds. The number of benzene rings is 6. The molecule has 2 heteroatoms. The summed E-state index contributed by atoms with van der Waals surface area (Å²) >= 11 is 13.7. The van der Waals surface area contributed by atoms with Crippen molar-refractivity contribution < 1.29 is 0 Å². The number of hydrogen-bond acceptors (Lipinski definition) is 0. The van der Waals surface area contributed by atoms with Crippen molar-refractivity contribution in [3.8, 4) is 23.0 Å². The largest absolute Gasteiger partial charge is 0.0839 e. The molecule has 0 aliphatic heterocycles. The zero-order chi connectivity index (χ0) is 30.3. The van der Waals surface area contributed by atoms with Crippen LogP contribution in [0, 0.1) is 32.1 Å². The van der Waals surface area contributed by atoms with Crippen molar-refractivity contribution in [2.75, 3.05) is 0 Å². The van der Waals surface area contributed by atoms with Gasteiger partial charge in [0.1, 0.15) is 0 Å². The first-order chi connectivity index (χ1) is 20.6. The van der Waals surface area contributed by atoms with Crippen LogP contribution < -0.4 is 0 Å². The van der Waals surface area contributed by atoms with Crippen molar-refractivity contribution in [1.29, 1.82) is 0 Å². The number of aryl methyl sites for hydroxylation is 2. The third-order valence-corrected chi connectivity index (χ3v) is 8.59. The SMILES string of the molecule is Cc1cc(C(C)(C)C)cc(C)c1-c1c2ccccc2c([C]c2c(Cl)cc(C#Cc3ccccc3)cc2Cl)c2ccccc12. The topological polar surface area (TPSA) is 0 Å². The molecule has 0 nitrogen and oxygen atoms in total. The Kier molecular flexibility index (Phi) is 7.83. The van der Waals surface area contributed by atoms with Crippen LogP contribution in [0.1, 0.15) is 59.7 Å². The smallest absolute Gasteiger partial charge is 0.0546 e. The van der Waals surface area contributed by atoms with Crippen LogP contribution in [0.25, 0.3) is 32.7 Å². The minimum Gasteiger partial charge on any atom is -0.0839 e. The molecule has 6 aromatic carbocycles. The van der Waals surface area contributed by atoms with Gasteiger partial charge in [0.25, 0.3) is 0 Å². The number of halogens is 2. The van der Waals surface area contributed by atoms with Crippen molar-refractivity contribution in [2.24, 2.45) is 0 Å². The van der Waals surface area contributed by atoms with E-state index in [2.05, 4.69) is 114 Å². The first-order valence-electron chi connectivity index (χ1n) is 14.5. The normalized spacial score (nSPS) is 11.5. The van der Waals surface area contributed by atoms with Gasteiger partial charge in [0, 0.05) is 26.7 Å². The van der Waals surface area contributed by atoms with E-state index in [4.69, 9.17) is 23.2 Å². The van der Waals surface area contributed by atoms with Gasteiger partial charge in [-0.25, -0.2) is 0 Å². The third kappa shape index (κ3) is 5.69. The van der Waals surface area contributed by atoms with E-state index < -0.39 is 0 Å². The zero-order valence-electron chi connectivity index (χ0n) is 25.1. The van der Waals surface area contributed by atoms with Crippen LogP contribution in [0.4, 0.5) is 0 Å². The Bertz CT molecular complexity index is 1960. The number of rotatable bonds is 3. The van der Waals surface area contributed by atoms with Crippen molar-refractivity contribution in [3.05, 3.63) is 159 Å². The summed E-state index contributed by atoms with van der Waals surface area (Å²) in [7, 11) is 0. The molecule has 0 aliphatic rings. The fraction of sp³-hybridized carbons (Fsp3) is 0.146. The summed E-state index contributed by atoms with van der Waals surface area (Å²) in [6.07, 6.45) is 3.65. The van der Waals surface area contributed by atoms with Crippen molar-refractivity contribution in [3.63, 3.8) is 0 Å². The molecule has 0 fully saturated rings. The molecule has 0 saturated heterocycles. The monoisotopic (exact) mass is 594 g/mol. The molecule has 6 rings (SSSR count). The van der Waals surface area contributed by atoms with Crippen LogP contribution in [0.5, 0.6) is 0 Å². The van der Waals surface area contributed by atoms with Crippen molar-refractivity contribution in [1.82, 2.24) is 0 Å². The van der Waals surface area contributed by atoms with Gasteiger partial charge >= 0.3 is 0 Å². The fourth-order valence-electron chi connectivity index (χ4n) is 5.88. The highest BCUT2D eigenvalue weighted by atomic mass is 35.5. The number of fused-ring (bicyclic) bond motifs is 2. The van der Waals surface area contributed by atoms with E-state index in [0.717, 1.165) is 27.5 Å². The molecule has 43 heavy (non-hydrogen) atoms. The summed E-state index contributed by atoms with van der Waals surface area (Å²) < 4.78 is 0. The van der Waals surface area contributed by atoms with Gasteiger partial charge in [-0.15, -0.1) is 0 Å². The summed E-state index contributed by atoms with van der Waals surface area (Å²) in [5.74, 6) is 6.38. The summed E-state index contributed by atoms with van der Waals surface area (Å²) in [5.41, 5.74) is 9.85. The van der Waals surface area contributed by atoms with E-state index in [1.54, 1.807) is 0 Å². The summed E-state index contributed by atoms with van der Waals surface area (Å²) in [6, 6.07) is 35.5. The lowest BCUT2D eigenvalue weighted by atomic mass is 9.80. The standard InChI is InChI=1S/C41H32Cl2/c1-26-21-30(41(3,4)5)22-27(2)39(26)40-33-17-11-9-15-31(33)35(32-16-10-12-18-34(32)40)25-36-37(42)23-29(24-38(36)43)20-19-28-13-7-6-8-14-28/h6-18,21-24H,1-5H3. The van der Waals surface area contributed by atoms with Crippen LogP contribution in [-0.4, -0.2) is 0 Å². The molecule has 0 unspecified atom stereocenters. The average molecular weight is 596 g/mol. The van der Waals surface area contributed by atoms with Gasteiger partial charge in [-0.1, -0.05) is 135 Å². The Hall–Kier alpha value is -4.02. The number of hydrogen-bond donors (Lipinski definition) is 0. The second-order valence-electron chi connectivity index (χ2n) is 12.1. The highest BCUT2D eigenvalue weighted by molar-refractivity contribution is 6.36. The molecule has 0 spiro atoms. The summed E-state index contributed by atoms with van der Waals surface area (Å²) in [4.78, 5) is 0. The van der Waals surface area contributed by atoms with Gasteiger partial charge in [-0.2, -0.15) is 0 Å². The summed E-state index contributed by atoms with van der Waals surface area (Å²) in [6.45, 7) is 11.3. The molecular weight excluding hydrogens is 563 g/mol. The quantitative estimate of drug-likeness (QED) is 0.141. The molecule has 0 aliphatic carbocycles. The molecule has 0 heterocycles. The molecule has 0 bridgehead atoms. The van der Waals surface area contributed by atoms with Crippen LogP contribution in [0.3, 0.4) is 0 Å². The Balaban J connectivity index is 1.53. The minimum absolute atomic E-state index is 0.0766. The van der Waals surface area contributed by atoms with Crippen LogP contribution in [-0.2, 0) is 5.41 Å². The van der Waals surface area contributed by atoms with E-state index in [1.165, 1.54) is 38.6 Å². The average Bonchev–Trinajstić information content (AvgIpc) is 2.98.